The van der Waals surface area contributed by atoms with Gasteiger partial charge in [-0.1, -0.05) is 24.3 Å². The lowest BCUT2D eigenvalue weighted by atomic mass is 10.1. The van der Waals surface area contributed by atoms with Gasteiger partial charge in [-0.25, -0.2) is 4.39 Å². The van der Waals surface area contributed by atoms with E-state index in [0.29, 0.717) is 6.29 Å². The van der Waals surface area contributed by atoms with Crippen LogP contribution >= 0.6 is 0 Å². The van der Waals surface area contributed by atoms with Crippen LogP contribution < -0.4 is 5.32 Å². The van der Waals surface area contributed by atoms with E-state index in [-0.39, 0.29) is 17.7 Å². The van der Waals surface area contributed by atoms with Crippen LogP contribution in [0.15, 0.2) is 48.5 Å². The summed E-state index contributed by atoms with van der Waals surface area (Å²) in [6, 6.07) is 11.1. The number of carbonyl (C=O) groups is 2. The van der Waals surface area contributed by atoms with E-state index in [1.165, 1.54) is 30.3 Å². The summed E-state index contributed by atoms with van der Waals surface area (Å²) >= 11 is 0. The Morgan fingerprint density at radius 2 is 1.86 bits per heavy atom. The van der Waals surface area contributed by atoms with Crippen molar-refractivity contribution < 1.29 is 19.1 Å². The summed E-state index contributed by atoms with van der Waals surface area (Å²) in [5, 5.41) is 11.7. The zero-order valence-corrected chi connectivity index (χ0v) is 11.1. The molecule has 0 saturated carbocycles. The minimum Gasteiger partial charge on any atom is -0.508 e. The standard InChI is InChI=1S/C16H14FNO3/c17-15-4-2-1-3-14(15)16(21)18-12(10-19)9-11-5-7-13(20)8-6-11/h1-8,10,12,20H,9H2,(H,18,21). The molecule has 0 aromatic heterocycles. The lowest BCUT2D eigenvalue weighted by Gasteiger charge is -2.13. The third-order valence-electron chi connectivity index (χ3n) is 2.99. The van der Waals surface area contributed by atoms with Crippen LogP contribution in [0.4, 0.5) is 4.39 Å². The van der Waals surface area contributed by atoms with Crippen LogP contribution in [-0.4, -0.2) is 23.3 Å². The van der Waals surface area contributed by atoms with Crippen molar-refractivity contribution in [2.24, 2.45) is 0 Å². The van der Waals surface area contributed by atoms with Gasteiger partial charge in [-0.15, -0.1) is 0 Å². The lowest BCUT2D eigenvalue weighted by molar-refractivity contribution is -0.109. The molecule has 0 spiro atoms. The fourth-order valence-electron chi connectivity index (χ4n) is 1.91. The summed E-state index contributed by atoms with van der Waals surface area (Å²) < 4.78 is 13.5. The summed E-state index contributed by atoms with van der Waals surface area (Å²) in [5.74, 6) is -1.15. The normalized spacial score (nSPS) is 11.7. The van der Waals surface area contributed by atoms with Gasteiger partial charge in [0.15, 0.2) is 0 Å². The maximum Gasteiger partial charge on any atom is 0.254 e. The molecule has 0 aliphatic heterocycles. The first-order valence-electron chi connectivity index (χ1n) is 6.38. The second-order valence-electron chi connectivity index (χ2n) is 4.57. The number of phenolic OH excluding ortho intramolecular Hbond substituents is 1. The minimum atomic E-state index is -0.762. The van der Waals surface area contributed by atoms with Crippen LogP contribution in [0.25, 0.3) is 0 Å². The SMILES string of the molecule is O=CC(Cc1ccc(O)cc1)NC(=O)c1ccccc1F. The number of nitrogens with one attached hydrogen (secondary N) is 1. The average molecular weight is 287 g/mol. The van der Waals surface area contributed by atoms with Crippen LogP contribution in [-0.2, 0) is 11.2 Å². The van der Waals surface area contributed by atoms with Gasteiger partial charge in [0.1, 0.15) is 17.9 Å². The summed E-state index contributed by atoms with van der Waals surface area (Å²) in [6.45, 7) is 0. The van der Waals surface area contributed by atoms with Crippen LogP contribution in [0.1, 0.15) is 15.9 Å². The molecule has 1 amide bonds. The maximum absolute atomic E-state index is 13.5. The predicted octanol–water partition coefficient (Wildman–Crippen LogP) is 2.07. The van der Waals surface area contributed by atoms with E-state index in [1.807, 2.05) is 0 Å². The van der Waals surface area contributed by atoms with Crippen LogP contribution in [0.2, 0.25) is 0 Å². The second-order valence-corrected chi connectivity index (χ2v) is 4.57. The van der Waals surface area contributed by atoms with E-state index in [9.17, 15) is 19.1 Å². The number of hydrogen-bond acceptors (Lipinski definition) is 3. The van der Waals surface area contributed by atoms with Gasteiger partial charge < -0.3 is 15.2 Å². The van der Waals surface area contributed by atoms with Crippen molar-refractivity contribution in [3.8, 4) is 5.75 Å². The third-order valence-corrected chi connectivity index (χ3v) is 2.99. The van der Waals surface area contributed by atoms with Crippen LogP contribution in [0.3, 0.4) is 0 Å². The summed E-state index contributed by atoms with van der Waals surface area (Å²) in [5.41, 5.74) is 0.675. The first-order chi connectivity index (χ1) is 10.1. The van der Waals surface area contributed by atoms with Gasteiger partial charge in [0.05, 0.1) is 11.6 Å². The van der Waals surface area contributed by atoms with E-state index < -0.39 is 17.8 Å². The van der Waals surface area contributed by atoms with Crippen molar-refractivity contribution in [2.75, 3.05) is 0 Å². The van der Waals surface area contributed by atoms with E-state index in [2.05, 4.69) is 5.32 Å². The highest BCUT2D eigenvalue weighted by molar-refractivity contribution is 5.95. The molecular formula is C16H14FNO3. The molecule has 2 N–H and O–H groups in total. The van der Waals surface area contributed by atoms with Gasteiger partial charge in [0.2, 0.25) is 0 Å². The van der Waals surface area contributed by atoms with Gasteiger partial charge in [0, 0.05) is 0 Å². The lowest BCUT2D eigenvalue weighted by Crippen LogP contribution is -2.38. The molecule has 0 heterocycles. The van der Waals surface area contributed by atoms with Crippen molar-refractivity contribution in [1.29, 1.82) is 0 Å². The highest BCUT2D eigenvalue weighted by Crippen LogP contribution is 2.11. The number of aromatic hydroxyl groups is 1. The molecule has 0 radical (unpaired) electrons. The molecule has 2 aromatic carbocycles. The smallest absolute Gasteiger partial charge is 0.254 e. The highest BCUT2D eigenvalue weighted by atomic mass is 19.1. The largest absolute Gasteiger partial charge is 0.508 e. The molecule has 1 unspecified atom stereocenters. The van der Waals surface area contributed by atoms with Gasteiger partial charge in [-0.05, 0) is 36.2 Å². The zero-order valence-electron chi connectivity index (χ0n) is 11.1. The molecule has 4 nitrogen and oxygen atoms in total. The van der Waals surface area contributed by atoms with Gasteiger partial charge in [-0.3, -0.25) is 4.79 Å². The zero-order chi connectivity index (χ0) is 15.2. The molecule has 5 heteroatoms. The number of benzene rings is 2. The topological polar surface area (TPSA) is 66.4 Å². The van der Waals surface area contributed by atoms with Crippen LogP contribution in [0.5, 0.6) is 5.75 Å². The monoisotopic (exact) mass is 287 g/mol. The molecule has 1 atom stereocenters. The third kappa shape index (κ3) is 3.89. The Hall–Kier alpha value is -2.69. The van der Waals surface area contributed by atoms with Crippen molar-refractivity contribution in [2.45, 2.75) is 12.5 Å². The first kappa shape index (κ1) is 14.7. The number of carbonyl (C=O) groups excluding carboxylic acids is 2. The Balaban J connectivity index is 2.05. The minimum absolute atomic E-state index is 0.102. The number of halogens is 1. The summed E-state index contributed by atoms with van der Waals surface area (Å²) in [4.78, 5) is 23.0. The van der Waals surface area contributed by atoms with E-state index in [4.69, 9.17) is 0 Å². The fraction of sp³-hybridized carbons (Fsp3) is 0.125. The Morgan fingerprint density at radius 1 is 1.19 bits per heavy atom. The van der Waals surface area contributed by atoms with E-state index >= 15 is 0 Å². The number of amides is 1. The first-order valence-corrected chi connectivity index (χ1v) is 6.38. The Labute approximate surface area is 121 Å². The number of hydrogen-bond donors (Lipinski definition) is 2. The average Bonchev–Trinajstić information content (AvgIpc) is 2.49. The number of aldehydes is 1. The Bertz CT molecular complexity index is 640. The van der Waals surface area contributed by atoms with E-state index in [1.54, 1.807) is 18.2 Å². The van der Waals surface area contributed by atoms with Gasteiger partial charge >= 0.3 is 0 Å². The Kier molecular flexibility index (Phi) is 4.66. The molecule has 0 bridgehead atoms. The second kappa shape index (κ2) is 6.65. The van der Waals surface area contributed by atoms with Crippen molar-refractivity contribution >= 4 is 12.2 Å². The molecule has 0 fully saturated rings. The maximum atomic E-state index is 13.5. The number of rotatable bonds is 5. The van der Waals surface area contributed by atoms with Crippen molar-refractivity contribution in [3.63, 3.8) is 0 Å². The molecule has 0 saturated heterocycles. The number of phenols is 1. The highest BCUT2D eigenvalue weighted by Gasteiger charge is 2.16. The van der Waals surface area contributed by atoms with Crippen LogP contribution in [0, 0.1) is 5.82 Å². The molecule has 0 aliphatic carbocycles. The molecule has 0 aliphatic rings. The summed E-state index contributed by atoms with van der Waals surface area (Å²) in [6.07, 6.45) is 0.871. The molecule has 2 rings (SSSR count). The fourth-order valence-corrected chi connectivity index (χ4v) is 1.91. The molecule has 21 heavy (non-hydrogen) atoms. The molecule has 2 aromatic rings. The van der Waals surface area contributed by atoms with Crippen molar-refractivity contribution in [3.05, 3.63) is 65.5 Å². The quantitative estimate of drug-likeness (QED) is 0.827. The molecule has 108 valence electrons. The van der Waals surface area contributed by atoms with Crippen molar-refractivity contribution in [1.82, 2.24) is 5.32 Å². The predicted molar refractivity (Wildman–Crippen MR) is 75.5 cm³/mol. The van der Waals surface area contributed by atoms with Gasteiger partial charge in [0.25, 0.3) is 5.91 Å². The summed E-state index contributed by atoms with van der Waals surface area (Å²) in [7, 11) is 0. The van der Waals surface area contributed by atoms with E-state index in [0.717, 1.165) is 5.56 Å². The Morgan fingerprint density at radius 3 is 2.48 bits per heavy atom. The van der Waals surface area contributed by atoms with Gasteiger partial charge in [-0.2, -0.15) is 0 Å². The molecular weight excluding hydrogens is 273 g/mol.